The van der Waals surface area contributed by atoms with Crippen molar-refractivity contribution in [2.45, 2.75) is 20.0 Å². The van der Waals surface area contributed by atoms with Crippen molar-refractivity contribution >= 4 is 11.8 Å². The standard InChI is InChI=1S/C25H28N2O7/c1-16(2)11-27(25(29)18-4-6-21-23(10-18)34-15-32-21)13-19-12-26(7-8-30-19)24(28)17-3-5-20-22(9-17)33-14-31-20/h3-6,9-10,16,19H,7-8,11-15H2,1-2H3. The summed E-state index contributed by atoms with van der Waals surface area (Å²) in [6.07, 6.45) is -0.288. The first kappa shape index (κ1) is 22.3. The third-order valence-electron chi connectivity index (χ3n) is 5.96. The van der Waals surface area contributed by atoms with Crippen molar-refractivity contribution in [2.24, 2.45) is 5.92 Å². The molecule has 5 rings (SSSR count). The first-order valence-corrected chi connectivity index (χ1v) is 11.5. The molecule has 3 aliphatic rings. The van der Waals surface area contributed by atoms with Gasteiger partial charge in [0, 0.05) is 37.3 Å². The second kappa shape index (κ2) is 9.42. The van der Waals surface area contributed by atoms with Crippen molar-refractivity contribution in [2.75, 3.05) is 46.4 Å². The van der Waals surface area contributed by atoms with E-state index < -0.39 is 0 Å². The van der Waals surface area contributed by atoms with E-state index in [0.29, 0.717) is 66.9 Å². The molecule has 180 valence electrons. The molecule has 0 aromatic heterocycles. The van der Waals surface area contributed by atoms with Crippen molar-refractivity contribution in [3.63, 3.8) is 0 Å². The summed E-state index contributed by atoms with van der Waals surface area (Å²) in [5, 5.41) is 0. The Hall–Kier alpha value is -3.46. The summed E-state index contributed by atoms with van der Waals surface area (Å²) >= 11 is 0. The van der Waals surface area contributed by atoms with Crippen LogP contribution in [0.3, 0.4) is 0 Å². The van der Waals surface area contributed by atoms with Crippen LogP contribution in [0.2, 0.25) is 0 Å². The molecule has 1 saturated heterocycles. The van der Waals surface area contributed by atoms with Gasteiger partial charge in [0.2, 0.25) is 13.6 Å². The molecule has 34 heavy (non-hydrogen) atoms. The molecular weight excluding hydrogens is 440 g/mol. The van der Waals surface area contributed by atoms with Gasteiger partial charge in [-0.05, 0) is 42.3 Å². The zero-order chi connectivity index (χ0) is 23.7. The van der Waals surface area contributed by atoms with Crippen LogP contribution in [0, 0.1) is 5.92 Å². The normalized spacial score (nSPS) is 18.3. The smallest absolute Gasteiger partial charge is 0.254 e. The summed E-state index contributed by atoms with van der Waals surface area (Å²) in [5.41, 5.74) is 1.08. The predicted molar refractivity (Wildman–Crippen MR) is 122 cm³/mol. The molecule has 0 bridgehead atoms. The molecular formula is C25H28N2O7. The second-order valence-corrected chi connectivity index (χ2v) is 8.98. The summed E-state index contributed by atoms with van der Waals surface area (Å²) in [4.78, 5) is 30.1. The molecule has 3 heterocycles. The lowest BCUT2D eigenvalue weighted by atomic mass is 10.1. The number of morpholine rings is 1. The zero-order valence-electron chi connectivity index (χ0n) is 19.3. The van der Waals surface area contributed by atoms with Crippen LogP contribution < -0.4 is 18.9 Å². The summed E-state index contributed by atoms with van der Waals surface area (Å²) in [6, 6.07) is 10.4. The van der Waals surface area contributed by atoms with Crippen LogP contribution in [0.1, 0.15) is 34.6 Å². The molecule has 2 aromatic carbocycles. The van der Waals surface area contributed by atoms with Gasteiger partial charge < -0.3 is 33.5 Å². The SMILES string of the molecule is CC(C)CN(CC1CN(C(=O)c2ccc3c(c2)OCO3)CCO1)C(=O)c1ccc2c(c1)OCO2. The van der Waals surface area contributed by atoms with E-state index >= 15 is 0 Å². The molecule has 1 atom stereocenters. The molecule has 0 N–H and O–H groups in total. The van der Waals surface area contributed by atoms with Crippen LogP contribution in [0.15, 0.2) is 36.4 Å². The summed E-state index contributed by atoms with van der Waals surface area (Å²) < 4.78 is 27.5. The largest absolute Gasteiger partial charge is 0.454 e. The average molecular weight is 469 g/mol. The maximum Gasteiger partial charge on any atom is 0.254 e. The Morgan fingerprint density at radius 2 is 1.56 bits per heavy atom. The Morgan fingerprint density at radius 3 is 2.24 bits per heavy atom. The predicted octanol–water partition coefficient (Wildman–Crippen LogP) is 2.78. The van der Waals surface area contributed by atoms with Gasteiger partial charge in [-0.15, -0.1) is 0 Å². The van der Waals surface area contributed by atoms with E-state index in [2.05, 4.69) is 13.8 Å². The van der Waals surface area contributed by atoms with E-state index in [-0.39, 0.29) is 37.4 Å². The van der Waals surface area contributed by atoms with Gasteiger partial charge in [0.05, 0.1) is 12.7 Å². The fourth-order valence-corrected chi connectivity index (χ4v) is 4.37. The fourth-order valence-electron chi connectivity index (χ4n) is 4.37. The first-order valence-electron chi connectivity index (χ1n) is 11.5. The number of nitrogens with zero attached hydrogens (tertiary/aromatic N) is 2. The van der Waals surface area contributed by atoms with Crippen molar-refractivity contribution in [1.82, 2.24) is 9.80 Å². The molecule has 2 aromatic rings. The van der Waals surface area contributed by atoms with E-state index in [1.165, 1.54) is 0 Å². The topological polar surface area (TPSA) is 86.8 Å². The molecule has 0 aliphatic carbocycles. The Balaban J connectivity index is 1.28. The molecule has 3 aliphatic heterocycles. The average Bonchev–Trinajstić information content (AvgIpc) is 3.51. The molecule has 0 radical (unpaired) electrons. The Bertz CT molecular complexity index is 1090. The van der Waals surface area contributed by atoms with E-state index in [0.717, 1.165) is 0 Å². The van der Waals surface area contributed by atoms with Gasteiger partial charge in [0.1, 0.15) is 0 Å². The first-order chi connectivity index (χ1) is 16.5. The van der Waals surface area contributed by atoms with Crippen LogP contribution in [0.4, 0.5) is 0 Å². The number of benzene rings is 2. The van der Waals surface area contributed by atoms with E-state index in [9.17, 15) is 9.59 Å². The number of hydrogen-bond donors (Lipinski definition) is 0. The van der Waals surface area contributed by atoms with Gasteiger partial charge in [-0.2, -0.15) is 0 Å². The molecule has 0 saturated carbocycles. The highest BCUT2D eigenvalue weighted by Crippen LogP contribution is 2.34. The Morgan fingerprint density at radius 1 is 0.941 bits per heavy atom. The minimum absolute atomic E-state index is 0.0934. The highest BCUT2D eigenvalue weighted by Gasteiger charge is 2.30. The third-order valence-corrected chi connectivity index (χ3v) is 5.96. The lowest BCUT2D eigenvalue weighted by Gasteiger charge is -2.36. The fraction of sp³-hybridized carbons (Fsp3) is 0.440. The number of carbonyl (C=O) groups is 2. The number of carbonyl (C=O) groups excluding carboxylic acids is 2. The van der Waals surface area contributed by atoms with Gasteiger partial charge in [-0.25, -0.2) is 0 Å². The highest BCUT2D eigenvalue weighted by atomic mass is 16.7. The van der Waals surface area contributed by atoms with Crippen LogP contribution >= 0.6 is 0 Å². The van der Waals surface area contributed by atoms with Crippen molar-refractivity contribution in [3.05, 3.63) is 47.5 Å². The molecule has 1 unspecified atom stereocenters. The minimum atomic E-state index is -0.288. The zero-order valence-corrected chi connectivity index (χ0v) is 19.3. The number of hydrogen-bond acceptors (Lipinski definition) is 7. The quantitative estimate of drug-likeness (QED) is 0.644. The van der Waals surface area contributed by atoms with E-state index in [1.807, 2.05) is 0 Å². The Kier molecular flexibility index (Phi) is 6.19. The van der Waals surface area contributed by atoms with Gasteiger partial charge >= 0.3 is 0 Å². The van der Waals surface area contributed by atoms with Crippen molar-refractivity contribution < 1.29 is 33.3 Å². The van der Waals surface area contributed by atoms with Gasteiger partial charge in [-0.1, -0.05) is 13.8 Å². The second-order valence-electron chi connectivity index (χ2n) is 8.98. The van der Waals surface area contributed by atoms with E-state index in [1.54, 1.807) is 46.2 Å². The third kappa shape index (κ3) is 4.61. The van der Waals surface area contributed by atoms with Gasteiger partial charge in [-0.3, -0.25) is 9.59 Å². The van der Waals surface area contributed by atoms with E-state index in [4.69, 9.17) is 23.7 Å². The maximum absolute atomic E-state index is 13.4. The van der Waals surface area contributed by atoms with Gasteiger partial charge in [0.15, 0.2) is 23.0 Å². The number of rotatable bonds is 6. The molecule has 0 spiro atoms. The lowest BCUT2D eigenvalue weighted by molar-refractivity contribution is -0.0340. The molecule has 1 fully saturated rings. The monoisotopic (exact) mass is 468 g/mol. The Labute approximate surface area is 198 Å². The highest BCUT2D eigenvalue weighted by molar-refractivity contribution is 5.96. The van der Waals surface area contributed by atoms with Crippen molar-refractivity contribution in [1.29, 1.82) is 0 Å². The lowest BCUT2D eigenvalue weighted by Crippen LogP contribution is -2.51. The number of fused-ring (bicyclic) bond motifs is 2. The van der Waals surface area contributed by atoms with Crippen LogP contribution in [0.5, 0.6) is 23.0 Å². The summed E-state index contributed by atoms with van der Waals surface area (Å²) in [7, 11) is 0. The van der Waals surface area contributed by atoms with Crippen LogP contribution in [-0.2, 0) is 4.74 Å². The van der Waals surface area contributed by atoms with Crippen LogP contribution in [0.25, 0.3) is 0 Å². The molecule has 9 heteroatoms. The van der Waals surface area contributed by atoms with Crippen molar-refractivity contribution in [3.8, 4) is 23.0 Å². The van der Waals surface area contributed by atoms with Gasteiger partial charge in [0.25, 0.3) is 11.8 Å². The number of ether oxygens (including phenoxy) is 5. The molecule has 2 amide bonds. The molecule has 9 nitrogen and oxygen atoms in total. The number of amides is 2. The van der Waals surface area contributed by atoms with Crippen LogP contribution in [-0.4, -0.2) is 74.1 Å². The summed E-state index contributed by atoms with van der Waals surface area (Å²) in [6.45, 7) is 6.71. The summed E-state index contributed by atoms with van der Waals surface area (Å²) in [5.74, 6) is 2.51. The maximum atomic E-state index is 13.4. The minimum Gasteiger partial charge on any atom is -0.454 e.